The fraction of sp³-hybridized carbons (Fsp3) is 0.571. The van der Waals surface area contributed by atoms with E-state index in [1.54, 1.807) is 6.07 Å². The first-order valence-corrected chi connectivity index (χ1v) is 7.08. The minimum Gasteiger partial charge on any atom is -0.396 e. The van der Waals surface area contributed by atoms with Crippen molar-refractivity contribution in [3.63, 3.8) is 0 Å². The number of carbonyl (C=O) groups excluding carboxylic acids is 1. The highest BCUT2D eigenvalue weighted by Gasteiger charge is 2.13. The zero-order valence-corrected chi connectivity index (χ0v) is 11.6. The molecule has 2 rings (SSSR count). The van der Waals surface area contributed by atoms with Crippen LogP contribution in [0.3, 0.4) is 0 Å². The molecule has 5 N–H and O–H groups in total. The lowest BCUT2D eigenvalue weighted by molar-refractivity contribution is 0.0347. The number of primary amides is 1. The lowest BCUT2D eigenvalue weighted by atomic mass is 9.98. The number of hydrogen-bond acceptors (Lipinski definition) is 5. The molecule has 0 saturated heterocycles. The average Bonchev–Trinajstić information content (AvgIpc) is 2.46. The van der Waals surface area contributed by atoms with Crippen LogP contribution in [0.15, 0.2) is 12.1 Å². The van der Waals surface area contributed by atoms with Gasteiger partial charge in [-0.2, -0.15) is 0 Å². The number of nitrogens with one attached hydrogen (secondary N) is 1. The molecule has 0 aliphatic heterocycles. The smallest absolute Gasteiger partial charge is 0.267 e. The van der Waals surface area contributed by atoms with Crippen LogP contribution in [0.2, 0.25) is 0 Å². The summed E-state index contributed by atoms with van der Waals surface area (Å²) >= 11 is 0. The number of ether oxygens (including phenoxy) is 1. The lowest BCUT2D eigenvalue weighted by Crippen LogP contribution is -2.21. The van der Waals surface area contributed by atoms with E-state index in [4.69, 9.17) is 16.2 Å². The Hall–Kier alpha value is -1.82. The second-order valence-electron chi connectivity index (χ2n) is 5.06. The van der Waals surface area contributed by atoms with E-state index in [1.165, 1.54) is 25.3 Å². The molecular formula is C14H22N4O2. The van der Waals surface area contributed by atoms with E-state index in [-0.39, 0.29) is 5.69 Å². The Morgan fingerprint density at radius 1 is 1.35 bits per heavy atom. The van der Waals surface area contributed by atoms with Crippen LogP contribution in [0.4, 0.5) is 11.5 Å². The summed E-state index contributed by atoms with van der Waals surface area (Å²) in [7, 11) is 0. The number of amides is 1. The van der Waals surface area contributed by atoms with Crippen LogP contribution >= 0.6 is 0 Å². The Kier molecular flexibility index (Phi) is 5.17. The van der Waals surface area contributed by atoms with Gasteiger partial charge in [0.25, 0.3) is 5.91 Å². The zero-order valence-electron chi connectivity index (χ0n) is 11.6. The minimum atomic E-state index is -0.563. The fourth-order valence-electron chi connectivity index (χ4n) is 2.38. The molecule has 0 unspecified atom stereocenters. The van der Waals surface area contributed by atoms with Crippen molar-refractivity contribution < 1.29 is 9.53 Å². The molecule has 6 heteroatoms. The van der Waals surface area contributed by atoms with E-state index in [1.807, 2.05) is 0 Å². The molecule has 1 aliphatic rings. The van der Waals surface area contributed by atoms with Crippen LogP contribution < -0.4 is 16.8 Å². The summed E-state index contributed by atoms with van der Waals surface area (Å²) in [6, 6.07) is 3.14. The number of pyridine rings is 1. The van der Waals surface area contributed by atoms with Crippen molar-refractivity contribution in [2.45, 2.75) is 38.2 Å². The molecule has 1 heterocycles. The summed E-state index contributed by atoms with van der Waals surface area (Å²) in [5.41, 5.74) is 11.7. The Balaban J connectivity index is 1.78. The number of aromatic nitrogens is 1. The van der Waals surface area contributed by atoms with E-state index < -0.39 is 5.91 Å². The third-order valence-corrected chi connectivity index (χ3v) is 3.48. The molecule has 0 atom stereocenters. The van der Waals surface area contributed by atoms with Crippen LogP contribution in [0.1, 0.15) is 42.6 Å². The second-order valence-corrected chi connectivity index (χ2v) is 5.06. The van der Waals surface area contributed by atoms with Crippen LogP contribution in [-0.4, -0.2) is 30.1 Å². The highest BCUT2D eigenvalue weighted by molar-refractivity contribution is 5.91. The molecule has 1 aromatic rings. The number of nitrogens with two attached hydrogens (primary N) is 2. The number of rotatable bonds is 6. The van der Waals surface area contributed by atoms with Crippen molar-refractivity contribution in [1.82, 2.24) is 4.98 Å². The Morgan fingerprint density at radius 3 is 2.80 bits per heavy atom. The normalized spacial score (nSPS) is 16.0. The van der Waals surface area contributed by atoms with Crippen molar-refractivity contribution in [2.24, 2.45) is 5.73 Å². The number of anilines is 2. The Morgan fingerprint density at radius 2 is 2.10 bits per heavy atom. The van der Waals surface area contributed by atoms with Crippen molar-refractivity contribution in [3.05, 3.63) is 17.8 Å². The molecular weight excluding hydrogens is 256 g/mol. The second kappa shape index (κ2) is 7.09. The minimum absolute atomic E-state index is 0.204. The quantitative estimate of drug-likeness (QED) is 0.685. The fourth-order valence-corrected chi connectivity index (χ4v) is 2.38. The molecule has 0 aromatic carbocycles. The average molecular weight is 278 g/mol. The highest BCUT2D eigenvalue weighted by atomic mass is 16.5. The van der Waals surface area contributed by atoms with Gasteiger partial charge in [0.15, 0.2) is 0 Å². The molecule has 1 aliphatic carbocycles. The molecule has 0 bridgehead atoms. The van der Waals surface area contributed by atoms with Gasteiger partial charge in [-0.3, -0.25) is 4.79 Å². The van der Waals surface area contributed by atoms with Crippen molar-refractivity contribution >= 4 is 17.4 Å². The maximum Gasteiger partial charge on any atom is 0.267 e. The SMILES string of the molecule is NC(=O)c1ccc(N)c(NCCOC2CCCCC2)n1. The van der Waals surface area contributed by atoms with E-state index in [0.717, 1.165) is 12.8 Å². The first-order valence-electron chi connectivity index (χ1n) is 7.08. The molecule has 1 fully saturated rings. The molecule has 1 aromatic heterocycles. The monoisotopic (exact) mass is 278 g/mol. The van der Waals surface area contributed by atoms with Gasteiger partial charge in [-0.25, -0.2) is 4.98 Å². The maximum absolute atomic E-state index is 11.1. The Bertz CT molecular complexity index is 458. The molecule has 20 heavy (non-hydrogen) atoms. The van der Waals surface area contributed by atoms with Crippen LogP contribution in [0.5, 0.6) is 0 Å². The van der Waals surface area contributed by atoms with Crippen LogP contribution in [-0.2, 0) is 4.74 Å². The molecule has 1 saturated carbocycles. The largest absolute Gasteiger partial charge is 0.396 e. The molecule has 0 radical (unpaired) electrons. The molecule has 6 nitrogen and oxygen atoms in total. The van der Waals surface area contributed by atoms with Crippen molar-refractivity contribution in [2.75, 3.05) is 24.2 Å². The van der Waals surface area contributed by atoms with Crippen LogP contribution in [0, 0.1) is 0 Å². The molecule has 110 valence electrons. The van der Waals surface area contributed by atoms with Gasteiger partial charge in [0.2, 0.25) is 0 Å². The predicted molar refractivity (Wildman–Crippen MR) is 78.5 cm³/mol. The van der Waals surface area contributed by atoms with Gasteiger partial charge in [0, 0.05) is 6.54 Å². The predicted octanol–water partition coefficient (Wildman–Crippen LogP) is 1.52. The van der Waals surface area contributed by atoms with Gasteiger partial charge < -0.3 is 21.5 Å². The van der Waals surface area contributed by atoms with Crippen molar-refractivity contribution in [3.8, 4) is 0 Å². The molecule has 1 amide bonds. The highest BCUT2D eigenvalue weighted by Crippen LogP contribution is 2.20. The number of nitrogens with zero attached hydrogens (tertiary/aromatic N) is 1. The van der Waals surface area contributed by atoms with E-state index in [9.17, 15) is 4.79 Å². The summed E-state index contributed by atoms with van der Waals surface area (Å²) in [5, 5.41) is 3.08. The zero-order chi connectivity index (χ0) is 14.4. The van der Waals surface area contributed by atoms with Gasteiger partial charge >= 0.3 is 0 Å². The summed E-state index contributed by atoms with van der Waals surface area (Å²) in [5.74, 6) is -0.0833. The molecule has 0 spiro atoms. The maximum atomic E-state index is 11.1. The number of carbonyl (C=O) groups is 1. The summed E-state index contributed by atoms with van der Waals surface area (Å²) in [6.07, 6.45) is 6.52. The van der Waals surface area contributed by atoms with Gasteiger partial charge in [-0.05, 0) is 25.0 Å². The van der Waals surface area contributed by atoms with Gasteiger partial charge in [-0.15, -0.1) is 0 Å². The van der Waals surface area contributed by atoms with E-state index in [2.05, 4.69) is 10.3 Å². The topological polar surface area (TPSA) is 103 Å². The number of nitrogen functional groups attached to an aromatic ring is 1. The summed E-state index contributed by atoms with van der Waals surface area (Å²) in [4.78, 5) is 15.2. The third-order valence-electron chi connectivity index (χ3n) is 3.48. The third kappa shape index (κ3) is 4.09. The first kappa shape index (κ1) is 14.6. The lowest BCUT2D eigenvalue weighted by Gasteiger charge is -2.22. The van der Waals surface area contributed by atoms with E-state index in [0.29, 0.717) is 30.8 Å². The number of hydrogen-bond donors (Lipinski definition) is 3. The van der Waals surface area contributed by atoms with Gasteiger partial charge in [-0.1, -0.05) is 19.3 Å². The Labute approximate surface area is 118 Å². The van der Waals surface area contributed by atoms with Crippen LogP contribution in [0.25, 0.3) is 0 Å². The summed E-state index contributed by atoms with van der Waals surface area (Å²) in [6.45, 7) is 1.21. The van der Waals surface area contributed by atoms with Gasteiger partial charge in [0.05, 0.1) is 18.4 Å². The van der Waals surface area contributed by atoms with E-state index >= 15 is 0 Å². The standard InChI is InChI=1S/C14H22N4O2/c15-11-6-7-12(13(16)19)18-14(11)17-8-9-20-10-4-2-1-3-5-10/h6-7,10H,1-5,8-9,15H2,(H2,16,19)(H,17,18). The van der Waals surface area contributed by atoms with Crippen molar-refractivity contribution in [1.29, 1.82) is 0 Å². The first-order chi connectivity index (χ1) is 9.66. The summed E-state index contributed by atoms with van der Waals surface area (Å²) < 4.78 is 5.80. The van der Waals surface area contributed by atoms with Gasteiger partial charge in [0.1, 0.15) is 11.5 Å².